The van der Waals surface area contributed by atoms with Crippen LogP contribution in [0.3, 0.4) is 0 Å². The van der Waals surface area contributed by atoms with Gasteiger partial charge in [-0.25, -0.2) is 9.97 Å². The molecule has 0 radical (unpaired) electrons. The van der Waals surface area contributed by atoms with E-state index < -0.39 is 32.2 Å². The van der Waals surface area contributed by atoms with E-state index in [0.29, 0.717) is 81.1 Å². The highest BCUT2D eigenvalue weighted by atomic mass is 35.5. The third-order valence-corrected chi connectivity index (χ3v) is 12.7. The minimum Gasteiger partial charge on any atom is -0.598 e. The van der Waals surface area contributed by atoms with Gasteiger partial charge < -0.3 is 28.8 Å². The van der Waals surface area contributed by atoms with E-state index in [4.69, 9.17) is 42.6 Å². The largest absolute Gasteiger partial charge is 0.598 e. The van der Waals surface area contributed by atoms with E-state index in [1.807, 2.05) is 102 Å². The van der Waals surface area contributed by atoms with Crippen LogP contribution in [-0.4, -0.2) is 66.2 Å². The lowest BCUT2D eigenvalue weighted by atomic mass is 9.97. The van der Waals surface area contributed by atoms with Gasteiger partial charge in [0.2, 0.25) is 11.8 Å². The number of nitrogens with zero attached hydrogens (tertiary/aromatic N) is 2. The smallest absolute Gasteiger partial charge is 0.218 e. The molecule has 4 rings (SSSR count). The van der Waals surface area contributed by atoms with Crippen molar-refractivity contribution in [2.24, 2.45) is 0 Å². The van der Waals surface area contributed by atoms with Crippen molar-refractivity contribution in [3.63, 3.8) is 0 Å². The number of ether oxygens (including phenoxy) is 2. The lowest BCUT2D eigenvalue weighted by Crippen LogP contribution is -2.41. The fourth-order valence-electron chi connectivity index (χ4n) is 5.69. The van der Waals surface area contributed by atoms with Crippen LogP contribution in [0.5, 0.6) is 11.8 Å². The molecular weight excluding hydrogens is 768 g/mol. The van der Waals surface area contributed by atoms with Crippen LogP contribution < -0.4 is 18.9 Å². The molecule has 0 saturated carbocycles. The second-order valence-corrected chi connectivity index (χ2v) is 19.5. The summed E-state index contributed by atoms with van der Waals surface area (Å²) in [6.07, 6.45) is 2.07. The Labute approximate surface area is 336 Å². The minimum atomic E-state index is -1.36. The quantitative estimate of drug-likeness (QED) is 0.0763. The lowest BCUT2D eigenvalue weighted by molar-refractivity contribution is 0.277. The first-order valence-corrected chi connectivity index (χ1v) is 20.9. The van der Waals surface area contributed by atoms with E-state index in [0.717, 1.165) is 11.1 Å². The van der Waals surface area contributed by atoms with Crippen molar-refractivity contribution >= 4 is 45.9 Å². The van der Waals surface area contributed by atoms with Gasteiger partial charge in [0.25, 0.3) is 0 Å². The Kier molecular flexibility index (Phi) is 15.9. The van der Waals surface area contributed by atoms with Crippen molar-refractivity contribution in [3.8, 4) is 45.4 Å². The normalized spacial score (nSPS) is 14.4. The fourth-order valence-corrected chi connectivity index (χ4v) is 8.06. The van der Waals surface area contributed by atoms with Crippen molar-refractivity contribution < 1.29 is 28.8 Å². The van der Waals surface area contributed by atoms with Crippen molar-refractivity contribution in [2.45, 2.75) is 88.8 Å². The molecule has 2 heterocycles. The van der Waals surface area contributed by atoms with Crippen LogP contribution in [0.2, 0.25) is 10.0 Å². The first-order valence-electron chi connectivity index (χ1n) is 17.8. The summed E-state index contributed by atoms with van der Waals surface area (Å²) in [5, 5.41) is 20.0. The second kappa shape index (κ2) is 19.5. The van der Waals surface area contributed by atoms with E-state index in [9.17, 15) is 19.3 Å². The molecule has 2 aromatic heterocycles. The van der Waals surface area contributed by atoms with Crippen LogP contribution in [-0.2, 0) is 22.7 Å². The van der Waals surface area contributed by atoms with Gasteiger partial charge in [-0.1, -0.05) is 59.6 Å². The maximum atomic E-state index is 13.0. The van der Waals surface area contributed by atoms with Gasteiger partial charge in [0.15, 0.2) is 0 Å². The molecule has 14 heteroatoms. The number of aromatic nitrogens is 2. The van der Waals surface area contributed by atoms with Crippen LogP contribution in [0.15, 0.2) is 60.7 Å². The Morgan fingerprint density at radius 2 is 0.981 bits per heavy atom. The third-order valence-electron chi connectivity index (χ3n) is 8.67. The number of nitrogens with one attached hydrogen (secondary N) is 2. The molecule has 10 nitrogen and oxygen atoms in total. The van der Waals surface area contributed by atoms with Crippen molar-refractivity contribution in [2.75, 3.05) is 27.4 Å². The van der Waals surface area contributed by atoms with Gasteiger partial charge in [0, 0.05) is 69.3 Å². The molecule has 0 aliphatic carbocycles. The van der Waals surface area contributed by atoms with Crippen LogP contribution in [0, 0.1) is 0 Å². The molecule has 0 amide bonds. The molecule has 4 aromatic rings. The molecule has 0 spiro atoms. The average Bonchev–Trinajstić information content (AvgIpc) is 3.14. The summed E-state index contributed by atoms with van der Waals surface area (Å²) in [5.41, 5.74) is 5.31. The highest BCUT2D eigenvalue weighted by Crippen LogP contribution is 2.43. The zero-order chi connectivity index (χ0) is 39.8. The van der Waals surface area contributed by atoms with Crippen molar-refractivity contribution in [1.29, 1.82) is 0 Å². The standard InChI is InChI=1S/C40H52Cl2N4O6S2/c1-39(2,3)53(49)45-33(17-11-23-47)29-19-21-31(43-37(29)51-7)27-15-9-13-25(35(27)41)26-14-10-16-28(36(26)42)32-22-20-30(38(44-32)52-8)34(18-12-24-48)46-54(50)40(4,5)6/h9-10,13-16,19-22,33-34,45-48H,11-12,17-18,23-24H2,1-8H3/t33-,34-,53?,54?/m0/s1. The molecule has 0 aliphatic rings. The second-order valence-electron chi connectivity index (χ2n) is 14.8. The molecule has 2 aromatic carbocycles. The topological polar surface area (TPSA) is 155 Å². The minimum absolute atomic E-state index is 0.000546. The van der Waals surface area contributed by atoms with Crippen LogP contribution in [0.4, 0.5) is 0 Å². The molecule has 4 N–H and O–H groups in total. The predicted octanol–water partition coefficient (Wildman–Crippen LogP) is 8.53. The van der Waals surface area contributed by atoms with Crippen LogP contribution in [0.1, 0.15) is 90.4 Å². The van der Waals surface area contributed by atoms with E-state index in [1.54, 1.807) is 0 Å². The molecule has 0 saturated heterocycles. The highest BCUT2D eigenvalue weighted by Gasteiger charge is 2.33. The third kappa shape index (κ3) is 10.8. The van der Waals surface area contributed by atoms with Gasteiger partial charge in [-0.05, 0) is 91.5 Å². The number of methoxy groups -OCH3 is 2. The highest BCUT2D eigenvalue weighted by molar-refractivity contribution is 7.91. The Bertz CT molecular complexity index is 1720. The summed E-state index contributed by atoms with van der Waals surface area (Å²) in [6.45, 7) is 11.4. The average molecular weight is 820 g/mol. The Hall–Kier alpha value is -2.62. The fraction of sp³-hybridized carbons (Fsp3) is 0.450. The summed E-state index contributed by atoms with van der Waals surface area (Å²) < 4.78 is 43.0. The number of hydrogen-bond donors (Lipinski definition) is 4. The Morgan fingerprint density at radius 3 is 1.30 bits per heavy atom. The number of aliphatic hydroxyl groups excluding tert-OH is 2. The molecule has 2 unspecified atom stereocenters. The summed E-state index contributed by atoms with van der Waals surface area (Å²) in [4.78, 5) is 9.66. The number of aliphatic hydroxyl groups is 2. The summed E-state index contributed by atoms with van der Waals surface area (Å²) in [5.74, 6) is 0.717. The Morgan fingerprint density at radius 1 is 0.630 bits per heavy atom. The molecule has 0 fully saturated rings. The summed E-state index contributed by atoms with van der Waals surface area (Å²) in [7, 11) is 3.08. The zero-order valence-electron chi connectivity index (χ0n) is 32.2. The number of pyridine rings is 2. The van der Waals surface area contributed by atoms with Gasteiger partial charge >= 0.3 is 0 Å². The van der Waals surface area contributed by atoms with E-state index in [1.165, 1.54) is 14.2 Å². The molecular formula is C40H52Cl2N4O6S2. The monoisotopic (exact) mass is 818 g/mol. The zero-order valence-corrected chi connectivity index (χ0v) is 35.3. The predicted molar refractivity (Wildman–Crippen MR) is 222 cm³/mol. The van der Waals surface area contributed by atoms with E-state index in [-0.39, 0.29) is 25.3 Å². The van der Waals surface area contributed by atoms with Crippen LogP contribution in [0.25, 0.3) is 33.6 Å². The number of halogens is 2. The molecule has 294 valence electrons. The lowest BCUT2D eigenvalue weighted by Gasteiger charge is -2.28. The van der Waals surface area contributed by atoms with E-state index in [2.05, 4.69) is 9.44 Å². The van der Waals surface area contributed by atoms with Gasteiger partial charge in [0.1, 0.15) is 9.49 Å². The molecule has 0 aliphatic heterocycles. The molecule has 54 heavy (non-hydrogen) atoms. The first-order chi connectivity index (χ1) is 25.5. The maximum absolute atomic E-state index is 13.0. The Balaban J connectivity index is 1.72. The van der Waals surface area contributed by atoms with Gasteiger partial charge in [0.05, 0.1) is 47.7 Å². The van der Waals surface area contributed by atoms with E-state index >= 15 is 0 Å². The SMILES string of the molecule is COc1nc(-c2cccc(-c3cccc(-c4ccc([C@H](CCCO)N[S+]([O-])C(C)(C)C)c(OC)n4)c3Cl)c2Cl)ccc1[C@H](CCCO)N[S+]([O-])C(C)(C)C. The number of benzene rings is 2. The van der Waals surface area contributed by atoms with Gasteiger partial charge in [-0.15, -0.1) is 9.44 Å². The van der Waals surface area contributed by atoms with Gasteiger partial charge in [-0.3, -0.25) is 0 Å². The van der Waals surface area contributed by atoms with Crippen LogP contribution >= 0.6 is 23.2 Å². The summed E-state index contributed by atoms with van der Waals surface area (Å²) in [6, 6.07) is 18.1. The van der Waals surface area contributed by atoms with Crippen molar-refractivity contribution in [1.82, 2.24) is 19.4 Å². The summed E-state index contributed by atoms with van der Waals surface area (Å²) >= 11 is 11.6. The van der Waals surface area contributed by atoms with Crippen molar-refractivity contribution in [3.05, 3.63) is 81.8 Å². The maximum Gasteiger partial charge on any atom is 0.218 e. The number of hydrogen-bond acceptors (Lipinski definition) is 10. The van der Waals surface area contributed by atoms with Gasteiger partial charge in [-0.2, -0.15) is 0 Å². The molecule has 0 bridgehead atoms. The molecule has 4 atom stereocenters. The number of rotatable bonds is 17. The first kappa shape index (κ1) is 44.1.